The zero-order chi connectivity index (χ0) is 17.9. The number of amides is 1. The highest BCUT2D eigenvalue weighted by Crippen LogP contribution is 2.22. The van der Waals surface area contributed by atoms with Crippen molar-refractivity contribution in [1.82, 2.24) is 15.3 Å². The lowest BCUT2D eigenvalue weighted by atomic mass is 10.1. The van der Waals surface area contributed by atoms with E-state index in [1.165, 1.54) is 12.0 Å². The Morgan fingerprint density at radius 3 is 2.81 bits per heavy atom. The molecule has 4 rings (SSSR count). The smallest absolute Gasteiger partial charge is 0.251 e. The van der Waals surface area contributed by atoms with E-state index < -0.39 is 0 Å². The zero-order valence-corrected chi connectivity index (χ0v) is 15.0. The predicted molar refractivity (Wildman–Crippen MR) is 102 cm³/mol. The molecule has 1 amide bonds. The molecule has 0 aliphatic heterocycles. The first-order chi connectivity index (χ1) is 12.7. The summed E-state index contributed by atoms with van der Waals surface area (Å²) < 4.78 is 5.19. The van der Waals surface area contributed by atoms with Gasteiger partial charge in [-0.05, 0) is 37.1 Å². The third-order valence-electron chi connectivity index (χ3n) is 4.16. The van der Waals surface area contributed by atoms with E-state index in [1.807, 2.05) is 6.92 Å². The van der Waals surface area contributed by atoms with Crippen LogP contribution < -0.4 is 5.32 Å². The van der Waals surface area contributed by atoms with Crippen LogP contribution in [0.15, 0.2) is 58.7 Å². The summed E-state index contributed by atoms with van der Waals surface area (Å²) >= 11 is 1.65. The molecule has 26 heavy (non-hydrogen) atoms. The Balaban J connectivity index is 1.34. The molecule has 0 spiro atoms. The Morgan fingerprint density at radius 2 is 2.04 bits per heavy atom. The van der Waals surface area contributed by atoms with E-state index in [-0.39, 0.29) is 5.91 Å². The van der Waals surface area contributed by atoms with Gasteiger partial charge >= 0.3 is 0 Å². The number of benzene rings is 2. The standard InChI is InChI=1S/C20H17N3O2S/c1-13-23-18(11-26-13)15-4-2-14(3-5-15)8-9-21-20(24)16-6-7-19-17(10-16)22-12-25-19/h2-7,10-12H,8-9H2,1H3,(H,21,24). The molecule has 1 N–H and O–H groups in total. The molecular weight excluding hydrogens is 346 g/mol. The minimum atomic E-state index is -0.107. The fourth-order valence-electron chi connectivity index (χ4n) is 2.76. The largest absolute Gasteiger partial charge is 0.443 e. The van der Waals surface area contributed by atoms with E-state index in [2.05, 4.69) is 44.9 Å². The van der Waals surface area contributed by atoms with Crippen molar-refractivity contribution in [3.05, 3.63) is 70.4 Å². The average molecular weight is 363 g/mol. The van der Waals surface area contributed by atoms with Crippen LogP contribution in [0.3, 0.4) is 0 Å². The first kappa shape index (κ1) is 16.5. The molecular formula is C20H17N3O2S. The van der Waals surface area contributed by atoms with Gasteiger partial charge in [0.25, 0.3) is 5.91 Å². The highest BCUT2D eigenvalue weighted by atomic mass is 32.1. The molecule has 0 unspecified atom stereocenters. The van der Waals surface area contributed by atoms with Crippen LogP contribution >= 0.6 is 11.3 Å². The maximum Gasteiger partial charge on any atom is 0.251 e. The van der Waals surface area contributed by atoms with Crippen LogP contribution in [0.4, 0.5) is 0 Å². The van der Waals surface area contributed by atoms with Crippen molar-refractivity contribution < 1.29 is 9.21 Å². The quantitative estimate of drug-likeness (QED) is 0.576. The number of fused-ring (bicyclic) bond motifs is 1. The average Bonchev–Trinajstić information content (AvgIpc) is 3.30. The molecule has 0 fully saturated rings. The van der Waals surface area contributed by atoms with Crippen molar-refractivity contribution in [1.29, 1.82) is 0 Å². The Labute approximate surface area is 154 Å². The molecule has 6 heteroatoms. The van der Waals surface area contributed by atoms with E-state index in [9.17, 15) is 4.79 Å². The lowest BCUT2D eigenvalue weighted by Crippen LogP contribution is -2.25. The predicted octanol–water partition coefficient (Wildman–Crippen LogP) is 4.23. The molecule has 0 saturated carbocycles. The van der Waals surface area contributed by atoms with Gasteiger partial charge in [-0.1, -0.05) is 24.3 Å². The summed E-state index contributed by atoms with van der Waals surface area (Å²) in [5.41, 5.74) is 5.25. The van der Waals surface area contributed by atoms with Crippen molar-refractivity contribution in [3.8, 4) is 11.3 Å². The van der Waals surface area contributed by atoms with Gasteiger partial charge in [0.1, 0.15) is 5.52 Å². The Kier molecular flexibility index (Phi) is 4.50. The fourth-order valence-corrected chi connectivity index (χ4v) is 3.38. The topological polar surface area (TPSA) is 68.0 Å². The van der Waals surface area contributed by atoms with Crippen molar-refractivity contribution >= 4 is 28.3 Å². The fraction of sp³-hybridized carbons (Fsp3) is 0.150. The monoisotopic (exact) mass is 363 g/mol. The SMILES string of the molecule is Cc1nc(-c2ccc(CCNC(=O)c3ccc4ocnc4c3)cc2)cs1. The van der Waals surface area contributed by atoms with Gasteiger partial charge in [0.05, 0.1) is 10.7 Å². The first-order valence-electron chi connectivity index (χ1n) is 8.32. The number of carbonyl (C=O) groups excluding carboxylic acids is 1. The van der Waals surface area contributed by atoms with Gasteiger partial charge in [-0.2, -0.15) is 0 Å². The molecule has 0 atom stereocenters. The van der Waals surface area contributed by atoms with Crippen LogP contribution in [0.5, 0.6) is 0 Å². The number of nitrogens with zero attached hydrogens (tertiary/aromatic N) is 2. The third-order valence-corrected chi connectivity index (χ3v) is 4.93. The van der Waals surface area contributed by atoms with Gasteiger partial charge < -0.3 is 9.73 Å². The Morgan fingerprint density at radius 1 is 1.19 bits per heavy atom. The van der Waals surface area contributed by atoms with Gasteiger partial charge in [-0.3, -0.25) is 4.79 Å². The molecule has 130 valence electrons. The third kappa shape index (κ3) is 3.50. The van der Waals surface area contributed by atoms with Crippen LogP contribution in [0.25, 0.3) is 22.4 Å². The number of aryl methyl sites for hydroxylation is 1. The molecule has 0 saturated heterocycles. The molecule has 5 nitrogen and oxygen atoms in total. The summed E-state index contributed by atoms with van der Waals surface area (Å²) in [4.78, 5) is 20.8. The molecule has 0 bridgehead atoms. The molecule has 2 aromatic carbocycles. The molecule has 2 aromatic heterocycles. The van der Waals surface area contributed by atoms with Crippen LogP contribution in [-0.2, 0) is 6.42 Å². The zero-order valence-electron chi connectivity index (χ0n) is 14.2. The highest BCUT2D eigenvalue weighted by Gasteiger charge is 2.08. The van der Waals surface area contributed by atoms with Crippen LogP contribution in [0, 0.1) is 6.92 Å². The number of hydrogen-bond donors (Lipinski definition) is 1. The maximum absolute atomic E-state index is 12.3. The van der Waals surface area contributed by atoms with E-state index >= 15 is 0 Å². The van der Waals surface area contributed by atoms with Crippen LogP contribution in [0.1, 0.15) is 20.9 Å². The molecule has 2 heterocycles. The van der Waals surface area contributed by atoms with E-state index in [1.54, 1.807) is 29.5 Å². The van der Waals surface area contributed by atoms with Gasteiger partial charge in [-0.25, -0.2) is 9.97 Å². The lowest BCUT2D eigenvalue weighted by molar-refractivity contribution is 0.0954. The Bertz CT molecular complexity index is 1050. The number of thiazole rings is 1. The second kappa shape index (κ2) is 7.09. The lowest BCUT2D eigenvalue weighted by Gasteiger charge is -2.06. The summed E-state index contributed by atoms with van der Waals surface area (Å²) in [6.45, 7) is 2.58. The summed E-state index contributed by atoms with van der Waals surface area (Å²) in [7, 11) is 0. The van der Waals surface area contributed by atoms with E-state index in [0.717, 1.165) is 22.7 Å². The Hall–Kier alpha value is -2.99. The maximum atomic E-state index is 12.3. The molecule has 0 aliphatic rings. The number of rotatable bonds is 5. The van der Waals surface area contributed by atoms with Crippen LogP contribution in [0.2, 0.25) is 0 Å². The normalized spacial score (nSPS) is 11.0. The number of carbonyl (C=O) groups is 1. The van der Waals surface area contributed by atoms with Crippen molar-refractivity contribution in [2.45, 2.75) is 13.3 Å². The van der Waals surface area contributed by atoms with Gasteiger partial charge in [0, 0.05) is 23.1 Å². The first-order valence-corrected chi connectivity index (χ1v) is 9.20. The second-order valence-corrected chi connectivity index (χ2v) is 7.05. The number of oxazole rings is 1. The van der Waals surface area contributed by atoms with Crippen molar-refractivity contribution in [2.24, 2.45) is 0 Å². The number of nitrogens with one attached hydrogen (secondary N) is 1. The van der Waals surface area contributed by atoms with E-state index in [0.29, 0.717) is 23.2 Å². The minimum absolute atomic E-state index is 0.107. The van der Waals surface area contributed by atoms with Crippen LogP contribution in [-0.4, -0.2) is 22.4 Å². The summed E-state index contributed by atoms with van der Waals surface area (Å²) in [6.07, 6.45) is 2.15. The van der Waals surface area contributed by atoms with Gasteiger partial charge in [0.15, 0.2) is 12.0 Å². The number of hydrogen-bond acceptors (Lipinski definition) is 5. The summed E-state index contributed by atoms with van der Waals surface area (Å²) in [5, 5.41) is 6.08. The van der Waals surface area contributed by atoms with E-state index in [4.69, 9.17) is 4.42 Å². The molecule has 0 radical (unpaired) electrons. The van der Waals surface area contributed by atoms with Crippen molar-refractivity contribution in [3.63, 3.8) is 0 Å². The second-order valence-electron chi connectivity index (χ2n) is 5.99. The number of aromatic nitrogens is 2. The molecule has 4 aromatic rings. The van der Waals surface area contributed by atoms with Crippen molar-refractivity contribution in [2.75, 3.05) is 6.54 Å². The van der Waals surface area contributed by atoms with Gasteiger partial charge in [-0.15, -0.1) is 11.3 Å². The highest BCUT2D eigenvalue weighted by molar-refractivity contribution is 7.09. The molecule has 0 aliphatic carbocycles. The minimum Gasteiger partial charge on any atom is -0.443 e. The summed E-state index contributed by atoms with van der Waals surface area (Å²) in [5.74, 6) is -0.107. The van der Waals surface area contributed by atoms with Gasteiger partial charge in [0.2, 0.25) is 0 Å². The summed E-state index contributed by atoms with van der Waals surface area (Å²) in [6, 6.07) is 13.5.